The largest absolute Gasteiger partial charge is 0.335 e. The molecule has 0 radical (unpaired) electrons. The molecule has 7 heteroatoms. The van der Waals surface area contributed by atoms with E-state index in [1.165, 1.54) is 10.6 Å². The van der Waals surface area contributed by atoms with Gasteiger partial charge in [-0.15, -0.1) is 0 Å². The molecule has 0 aromatic carbocycles. The van der Waals surface area contributed by atoms with Gasteiger partial charge in [-0.05, 0) is 19.5 Å². The van der Waals surface area contributed by atoms with E-state index < -0.39 is 0 Å². The minimum absolute atomic E-state index is 0.0585. The summed E-state index contributed by atoms with van der Waals surface area (Å²) in [5.41, 5.74) is 0.228. The minimum Gasteiger partial charge on any atom is -0.335 e. The van der Waals surface area contributed by atoms with Crippen molar-refractivity contribution in [1.82, 2.24) is 23.9 Å². The van der Waals surface area contributed by atoms with E-state index in [0.29, 0.717) is 18.8 Å². The van der Waals surface area contributed by atoms with E-state index >= 15 is 0 Å². The van der Waals surface area contributed by atoms with Crippen molar-refractivity contribution >= 4 is 5.91 Å². The average Bonchev–Trinajstić information content (AvgIpc) is 3.18. The molecule has 24 heavy (non-hydrogen) atoms. The zero-order chi connectivity index (χ0) is 16.9. The molecule has 1 atom stereocenters. The van der Waals surface area contributed by atoms with Gasteiger partial charge in [-0.25, -0.2) is 4.98 Å². The molecule has 0 bridgehead atoms. The third-order valence-electron chi connectivity index (χ3n) is 5.48. The van der Waals surface area contributed by atoms with Gasteiger partial charge in [0.05, 0.1) is 12.1 Å². The Morgan fingerprint density at radius 1 is 1.25 bits per heavy atom. The summed E-state index contributed by atoms with van der Waals surface area (Å²) in [5, 5.41) is 0. The minimum atomic E-state index is -0.160. The van der Waals surface area contributed by atoms with Crippen LogP contribution in [-0.2, 0) is 20.1 Å². The lowest BCUT2D eigenvalue weighted by Gasteiger charge is -2.42. The van der Waals surface area contributed by atoms with Crippen LogP contribution in [0.1, 0.15) is 22.7 Å². The summed E-state index contributed by atoms with van der Waals surface area (Å²) in [4.78, 5) is 33.2. The summed E-state index contributed by atoms with van der Waals surface area (Å²) < 4.78 is 3.61. The number of rotatable bonds is 1. The van der Waals surface area contributed by atoms with Crippen molar-refractivity contribution in [2.24, 2.45) is 7.05 Å². The maximum atomic E-state index is 12.9. The lowest BCUT2D eigenvalue weighted by Crippen LogP contribution is -2.55. The van der Waals surface area contributed by atoms with Gasteiger partial charge < -0.3 is 14.0 Å². The molecule has 2 aliphatic rings. The number of nitrogens with zero attached hydrogens (tertiary/aromatic N) is 5. The van der Waals surface area contributed by atoms with Crippen LogP contribution >= 0.6 is 0 Å². The monoisotopic (exact) mass is 327 g/mol. The molecular weight excluding hydrogens is 306 g/mol. The average molecular weight is 327 g/mol. The quantitative estimate of drug-likeness (QED) is 0.756. The number of amides is 1. The molecule has 2 aromatic rings. The van der Waals surface area contributed by atoms with E-state index in [4.69, 9.17) is 0 Å². The number of hydrogen-bond donors (Lipinski definition) is 0. The maximum absolute atomic E-state index is 12.9. The van der Waals surface area contributed by atoms with Crippen molar-refractivity contribution in [2.75, 3.05) is 20.1 Å². The molecule has 126 valence electrons. The number of likely N-dealkylation sites (N-methyl/N-ethyl adjacent to an activating group) is 1. The van der Waals surface area contributed by atoms with E-state index in [2.05, 4.69) is 21.5 Å². The molecule has 2 aliphatic heterocycles. The molecule has 2 aromatic heterocycles. The summed E-state index contributed by atoms with van der Waals surface area (Å²) in [6.07, 6.45) is 4.77. The molecule has 1 saturated heterocycles. The van der Waals surface area contributed by atoms with E-state index in [9.17, 15) is 9.59 Å². The fourth-order valence-corrected chi connectivity index (χ4v) is 3.86. The number of carbonyl (C=O) groups is 1. The standard InChI is InChI=1S/C17H21N5O2/c1-19-10-14-18-7-9-21(14)11-17(19)6-8-22(12-17)16(24)13-4-3-5-15(23)20(13)2/h3-5,7,9H,6,8,10-12H2,1-2H3. The number of carbonyl (C=O) groups excluding carboxylic acids is 1. The Hall–Kier alpha value is -2.41. The van der Waals surface area contributed by atoms with Crippen molar-refractivity contribution in [3.63, 3.8) is 0 Å². The highest BCUT2D eigenvalue weighted by molar-refractivity contribution is 5.92. The van der Waals surface area contributed by atoms with Gasteiger partial charge in [0.15, 0.2) is 0 Å². The van der Waals surface area contributed by atoms with Crippen LogP contribution in [0, 0.1) is 0 Å². The van der Waals surface area contributed by atoms with Crippen LogP contribution in [0.15, 0.2) is 35.4 Å². The number of fused-ring (bicyclic) bond motifs is 1. The Bertz CT molecular complexity index is 855. The molecular formula is C17H21N5O2. The maximum Gasteiger partial charge on any atom is 0.270 e. The van der Waals surface area contributed by atoms with Gasteiger partial charge in [0.1, 0.15) is 11.5 Å². The van der Waals surface area contributed by atoms with E-state index in [0.717, 1.165) is 25.3 Å². The highest BCUT2D eigenvalue weighted by Crippen LogP contribution is 2.34. The van der Waals surface area contributed by atoms with E-state index in [1.807, 2.05) is 17.3 Å². The van der Waals surface area contributed by atoms with Crippen LogP contribution in [0.4, 0.5) is 0 Å². The first-order valence-corrected chi connectivity index (χ1v) is 8.17. The van der Waals surface area contributed by atoms with Crippen molar-refractivity contribution in [1.29, 1.82) is 0 Å². The summed E-state index contributed by atoms with van der Waals surface area (Å²) in [6, 6.07) is 4.83. The van der Waals surface area contributed by atoms with E-state index in [1.54, 1.807) is 19.2 Å². The van der Waals surface area contributed by atoms with Gasteiger partial charge >= 0.3 is 0 Å². The normalized spacial score (nSPS) is 23.7. The summed E-state index contributed by atoms with van der Waals surface area (Å²) in [6.45, 7) is 3.01. The fourth-order valence-electron chi connectivity index (χ4n) is 3.86. The predicted molar refractivity (Wildman–Crippen MR) is 88.6 cm³/mol. The van der Waals surface area contributed by atoms with Crippen molar-refractivity contribution < 1.29 is 4.79 Å². The molecule has 4 heterocycles. The predicted octanol–water partition coefficient (Wildman–Crippen LogP) is 0.312. The third kappa shape index (κ3) is 2.19. The van der Waals surface area contributed by atoms with Crippen molar-refractivity contribution in [3.05, 3.63) is 52.5 Å². The van der Waals surface area contributed by atoms with Gasteiger partial charge in [0, 0.05) is 45.1 Å². The van der Waals surface area contributed by atoms with Crippen LogP contribution in [-0.4, -0.2) is 55.5 Å². The molecule has 7 nitrogen and oxygen atoms in total. The van der Waals surface area contributed by atoms with Crippen molar-refractivity contribution in [3.8, 4) is 0 Å². The second-order valence-electron chi connectivity index (χ2n) is 6.84. The lowest BCUT2D eigenvalue weighted by molar-refractivity contribution is 0.0578. The topological polar surface area (TPSA) is 63.4 Å². The van der Waals surface area contributed by atoms with Crippen LogP contribution < -0.4 is 5.56 Å². The molecule has 1 unspecified atom stereocenters. The first-order chi connectivity index (χ1) is 11.5. The smallest absolute Gasteiger partial charge is 0.270 e. The highest BCUT2D eigenvalue weighted by atomic mass is 16.2. The zero-order valence-corrected chi connectivity index (χ0v) is 14.0. The second-order valence-corrected chi connectivity index (χ2v) is 6.84. The van der Waals surface area contributed by atoms with Crippen LogP contribution in [0.5, 0.6) is 0 Å². The zero-order valence-electron chi connectivity index (χ0n) is 14.0. The first kappa shape index (κ1) is 15.1. The van der Waals surface area contributed by atoms with Gasteiger partial charge in [-0.3, -0.25) is 14.5 Å². The molecule has 0 aliphatic carbocycles. The molecule has 1 fully saturated rings. The lowest BCUT2D eigenvalue weighted by atomic mass is 9.94. The number of likely N-dealkylation sites (tertiary alicyclic amines) is 1. The van der Waals surface area contributed by atoms with Gasteiger partial charge in [0.25, 0.3) is 11.5 Å². The Morgan fingerprint density at radius 2 is 2.08 bits per heavy atom. The fraction of sp³-hybridized carbons (Fsp3) is 0.471. The Balaban J connectivity index is 1.60. The summed E-state index contributed by atoms with van der Waals surface area (Å²) in [5.74, 6) is 0.996. The molecule has 4 rings (SSSR count). The number of hydrogen-bond acceptors (Lipinski definition) is 4. The highest BCUT2D eigenvalue weighted by Gasteiger charge is 2.46. The number of pyridine rings is 1. The molecule has 0 N–H and O–H groups in total. The van der Waals surface area contributed by atoms with Crippen LogP contribution in [0.2, 0.25) is 0 Å². The Labute approximate surface area is 140 Å². The van der Waals surface area contributed by atoms with Gasteiger partial charge in [0.2, 0.25) is 0 Å². The van der Waals surface area contributed by atoms with Gasteiger partial charge in [-0.2, -0.15) is 0 Å². The molecule has 1 spiro atoms. The number of aromatic nitrogens is 3. The van der Waals surface area contributed by atoms with Crippen LogP contribution in [0.25, 0.3) is 0 Å². The van der Waals surface area contributed by atoms with Gasteiger partial charge in [-0.1, -0.05) is 6.07 Å². The third-order valence-corrected chi connectivity index (χ3v) is 5.48. The Kier molecular flexibility index (Phi) is 3.35. The van der Waals surface area contributed by atoms with Crippen molar-refractivity contribution in [2.45, 2.75) is 25.0 Å². The molecule has 1 amide bonds. The van der Waals surface area contributed by atoms with Crippen LogP contribution in [0.3, 0.4) is 0 Å². The van der Waals surface area contributed by atoms with E-state index in [-0.39, 0.29) is 17.0 Å². The number of imidazole rings is 1. The molecule has 0 saturated carbocycles. The summed E-state index contributed by atoms with van der Waals surface area (Å²) in [7, 11) is 3.75. The second kappa shape index (κ2) is 5.31. The summed E-state index contributed by atoms with van der Waals surface area (Å²) >= 11 is 0. The SMILES string of the molecule is CN1Cc2nccn2CC12CCN(C(=O)c1cccc(=O)n1C)C2. The Morgan fingerprint density at radius 3 is 2.92 bits per heavy atom. The first-order valence-electron chi connectivity index (χ1n) is 8.17.